The van der Waals surface area contributed by atoms with Crippen molar-refractivity contribution in [2.45, 2.75) is 6.54 Å². The van der Waals surface area contributed by atoms with E-state index in [4.69, 9.17) is 10.00 Å². The van der Waals surface area contributed by atoms with Crippen molar-refractivity contribution in [2.24, 2.45) is 0 Å². The summed E-state index contributed by atoms with van der Waals surface area (Å²) in [6.07, 6.45) is 0. The van der Waals surface area contributed by atoms with Crippen LogP contribution in [0.25, 0.3) is 0 Å². The molecule has 0 unspecified atom stereocenters. The number of nitriles is 1. The quantitative estimate of drug-likeness (QED) is 0.587. The van der Waals surface area contributed by atoms with E-state index < -0.39 is 0 Å². The summed E-state index contributed by atoms with van der Waals surface area (Å²) in [6.45, 7) is 3.11. The molecule has 0 bridgehead atoms. The molecule has 3 aromatic carbocycles. The lowest BCUT2D eigenvalue weighted by Gasteiger charge is -2.26. The van der Waals surface area contributed by atoms with E-state index in [1.54, 1.807) is 48.5 Å². The highest BCUT2D eigenvalue weighted by atomic mass is 32.2. The van der Waals surface area contributed by atoms with E-state index >= 15 is 0 Å². The fraction of sp³-hybridized carbons (Fsp3) is 0.200. The van der Waals surface area contributed by atoms with Crippen LogP contribution in [0.2, 0.25) is 0 Å². The molecule has 1 amide bonds. The summed E-state index contributed by atoms with van der Waals surface area (Å²) < 4.78 is 5.83. The summed E-state index contributed by atoms with van der Waals surface area (Å²) in [5, 5.41) is 11.9. The normalized spacial score (nSPS) is 13.9. The van der Waals surface area contributed by atoms with Crippen molar-refractivity contribution in [1.29, 1.82) is 5.26 Å². The monoisotopic (exact) mass is 429 g/mol. The van der Waals surface area contributed by atoms with Gasteiger partial charge in [0, 0.05) is 42.4 Å². The van der Waals surface area contributed by atoms with Gasteiger partial charge in [-0.2, -0.15) is 17.0 Å². The van der Waals surface area contributed by atoms with Crippen LogP contribution in [0.5, 0.6) is 11.5 Å². The van der Waals surface area contributed by atoms with Crippen LogP contribution in [0.15, 0.2) is 72.8 Å². The largest absolute Gasteiger partial charge is 0.457 e. The minimum Gasteiger partial charge on any atom is -0.457 e. The number of benzene rings is 3. The average molecular weight is 430 g/mol. The third-order valence-electron chi connectivity index (χ3n) is 5.01. The van der Waals surface area contributed by atoms with E-state index in [1.165, 1.54) is 17.1 Å². The van der Waals surface area contributed by atoms with Gasteiger partial charge in [-0.15, -0.1) is 0 Å². The average Bonchev–Trinajstić information content (AvgIpc) is 2.81. The first-order chi connectivity index (χ1) is 15.2. The van der Waals surface area contributed by atoms with Crippen LogP contribution in [0.3, 0.4) is 0 Å². The molecule has 0 aromatic heterocycles. The second-order valence-corrected chi connectivity index (χ2v) is 8.53. The Morgan fingerprint density at radius 2 is 1.77 bits per heavy atom. The van der Waals surface area contributed by atoms with Crippen LogP contribution < -0.4 is 10.1 Å². The van der Waals surface area contributed by atoms with Crippen LogP contribution in [0.1, 0.15) is 21.5 Å². The number of carbonyl (C=O) groups excluding carboxylic acids is 1. The minimum atomic E-state index is -0.184. The van der Waals surface area contributed by atoms with E-state index in [1.807, 2.05) is 30.0 Å². The Morgan fingerprint density at radius 1 is 1.00 bits per heavy atom. The lowest BCUT2D eigenvalue weighted by Crippen LogP contribution is -2.31. The number of rotatable bonds is 6. The molecule has 0 aliphatic carbocycles. The molecule has 156 valence electrons. The Labute approximate surface area is 186 Å². The number of thioether (sulfide) groups is 1. The molecule has 3 aromatic rings. The maximum atomic E-state index is 12.8. The van der Waals surface area contributed by atoms with E-state index in [-0.39, 0.29) is 5.91 Å². The topological polar surface area (TPSA) is 65.4 Å². The Bertz CT molecular complexity index is 1090. The molecule has 0 atom stereocenters. The zero-order chi connectivity index (χ0) is 21.5. The summed E-state index contributed by atoms with van der Waals surface area (Å²) in [5.41, 5.74) is 3.07. The van der Waals surface area contributed by atoms with Gasteiger partial charge in [0.05, 0.1) is 11.6 Å². The van der Waals surface area contributed by atoms with Gasteiger partial charge in [0.1, 0.15) is 11.5 Å². The van der Waals surface area contributed by atoms with Crippen LogP contribution in [0.4, 0.5) is 5.69 Å². The van der Waals surface area contributed by atoms with E-state index in [0.717, 1.165) is 25.3 Å². The molecule has 31 heavy (non-hydrogen) atoms. The Kier molecular flexibility index (Phi) is 6.88. The maximum absolute atomic E-state index is 12.8. The number of carbonyl (C=O) groups is 1. The summed E-state index contributed by atoms with van der Waals surface area (Å²) in [7, 11) is 0. The van der Waals surface area contributed by atoms with Crippen molar-refractivity contribution in [3.63, 3.8) is 0 Å². The fourth-order valence-electron chi connectivity index (χ4n) is 3.40. The van der Waals surface area contributed by atoms with Gasteiger partial charge in [0.2, 0.25) is 0 Å². The molecule has 0 spiro atoms. The van der Waals surface area contributed by atoms with Crippen LogP contribution >= 0.6 is 11.8 Å². The fourth-order valence-corrected chi connectivity index (χ4v) is 4.38. The van der Waals surface area contributed by atoms with Gasteiger partial charge >= 0.3 is 0 Å². The summed E-state index contributed by atoms with van der Waals surface area (Å²) in [6, 6.07) is 24.0. The zero-order valence-corrected chi connectivity index (χ0v) is 17.9. The Hall–Kier alpha value is -3.27. The highest BCUT2D eigenvalue weighted by Gasteiger charge is 2.12. The predicted molar refractivity (Wildman–Crippen MR) is 125 cm³/mol. The van der Waals surface area contributed by atoms with E-state index in [2.05, 4.69) is 22.4 Å². The van der Waals surface area contributed by atoms with Gasteiger partial charge < -0.3 is 10.1 Å². The molecular formula is C25H23N3O2S. The Balaban J connectivity index is 1.41. The summed E-state index contributed by atoms with van der Waals surface area (Å²) in [5.74, 6) is 3.35. The van der Waals surface area contributed by atoms with Gasteiger partial charge in [0.25, 0.3) is 5.91 Å². The molecule has 6 heteroatoms. The summed E-state index contributed by atoms with van der Waals surface area (Å²) >= 11 is 2.00. The van der Waals surface area contributed by atoms with Crippen molar-refractivity contribution in [1.82, 2.24) is 4.90 Å². The second-order valence-electron chi connectivity index (χ2n) is 7.31. The van der Waals surface area contributed by atoms with Gasteiger partial charge in [-0.25, -0.2) is 0 Å². The highest BCUT2D eigenvalue weighted by Crippen LogP contribution is 2.23. The number of ether oxygens (including phenoxy) is 1. The van der Waals surface area contributed by atoms with Crippen molar-refractivity contribution < 1.29 is 9.53 Å². The molecule has 0 radical (unpaired) electrons. The molecular weight excluding hydrogens is 406 g/mol. The van der Waals surface area contributed by atoms with Gasteiger partial charge in [-0.1, -0.05) is 18.2 Å². The SMILES string of the molecule is N#Cc1ccc(Oc2cccc(C(=O)Nc3cccc(CN4CCSCC4)c3)c2)cc1. The molecule has 1 aliphatic heterocycles. The van der Waals surface area contributed by atoms with E-state index in [0.29, 0.717) is 22.6 Å². The molecule has 1 fully saturated rings. The first kappa shape index (κ1) is 21.0. The lowest BCUT2D eigenvalue weighted by molar-refractivity contribution is 0.102. The van der Waals surface area contributed by atoms with Crippen molar-refractivity contribution >= 4 is 23.4 Å². The van der Waals surface area contributed by atoms with Crippen molar-refractivity contribution in [3.05, 3.63) is 89.5 Å². The Morgan fingerprint density at radius 3 is 2.55 bits per heavy atom. The van der Waals surface area contributed by atoms with Crippen molar-refractivity contribution in [2.75, 3.05) is 29.9 Å². The first-order valence-electron chi connectivity index (χ1n) is 10.2. The number of nitrogens with zero attached hydrogens (tertiary/aromatic N) is 2. The van der Waals surface area contributed by atoms with Crippen LogP contribution in [-0.2, 0) is 6.54 Å². The molecule has 1 heterocycles. The molecule has 1 aliphatic rings. The molecule has 5 nitrogen and oxygen atoms in total. The molecule has 1 N–H and O–H groups in total. The second kappa shape index (κ2) is 10.2. The highest BCUT2D eigenvalue weighted by molar-refractivity contribution is 7.99. The molecule has 0 saturated carbocycles. The van der Waals surface area contributed by atoms with Crippen molar-refractivity contribution in [3.8, 4) is 17.6 Å². The standard InChI is InChI=1S/C25H23N3O2S/c26-17-19-7-9-23(10-8-19)30-24-6-2-4-21(16-24)25(29)27-22-5-1-3-20(15-22)18-28-11-13-31-14-12-28/h1-10,15-16H,11-14,18H2,(H,27,29). The third kappa shape index (κ3) is 5.88. The molecule has 1 saturated heterocycles. The number of nitrogens with one attached hydrogen (secondary N) is 1. The van der Waals surface area contributed by atoms with Crippen LogP contribution in [0, 0.1) is 11.3 Å². The van der Waals surface area contributed by atoms with Gasteiger partial charge in [-0.05, 0) is 60.2 Å². The molecule has 4 rings (SSSR count). The first-order valence-corrected chi connectivity index (χ1v) is 11.3. The minimum absolute atomic E-state index is 0.184. The van der Waals surface area contributed by atoms with Gasteiger partial charge in [0.15, 0.2) is 0 Å². The zero-order valence-electron chi connectivity index (χ0n) is 17.1. The number of anilines is 1. The van der Waals surface area contributed by atoms with Gasteiger partial charge in [-0.3, -0.25) is 9.69 Å². The number of amides is 1. The smallest absolute Gasteiger partial charge is 0.255 e. The number of hydrogen-bond donors (Lipinski definition) is 1. The van der Waals surface area contributed by atoms with Crippen LogP contribution in [-0.4, -0.2) is 35.4 Å². The van der Waals surface area contributed by atoms with E-state index in [9.17, 15) is 4.79 Å². The maximum Gasteiger partial charge on any atom is 0.255 e. The number of hydrogen-bond acceptors (Lipinski definition) is 5. The summed E-state index contributed by atoms with van der Waals surface area (Å²) in [4.78, 5) is 15.2. The third-order valence-corrected chi connectivity index (χ3v) is 5.95. The predicted octanol–water partition coefficient (Wildman–Crippen LogP) is 5.15. The lowest BCUT2D eigenvalue weighted by atomic mass is 10.1.